The van der Waals surface area contributed by atoms with Gasteiger partial charge in [-0.3, -0.25) is 10.2 Å². The minimum absolute atomic E-state index is 0.0576. The van der Waals surface area contributed by atoms with Crippen LogP contribution in [0.25, 0.3) is 6.08 Å². The predicted octanol–water partition coefficient (Wildman–Crippen LogP) is 3.61. The number of thioether (sulfide) groups is 1. The molecule has 2 aliphatic heterocycles. The molecule has 4 rings (SSSR count). The van der Waals surface area contributed by atoms with Gasteiger partial charge in [0.2, 0.25) is 5.17 Å². The van der Waals surface area contributed by atoms with Crippen LogP contribution in [0, 0.1) is 5.41 Å². The fraction of sp³-hybridized carbons (Fsp3) is 0.143. The topological polar surface area (TPSA) is 72.1 Å². The Morgan fingerprint density at radius 3 is 2.50 bits per heavy atom. The van der Waals surface area contributed by atoms with Crippen molar-refractivity contribution in [2.45, 2.75) is 6.42 Å². The van der Waals surface area contributed by atoms with Crippen molar-refractivity contribution in [1.29, 1.82) is 5.41 Å². The first kappa shape index (κ1) is 18.2. The number of rotatable bonds is 4. The monoisotopic (exact) mass is 389 g/mol. The van der Waals surface area contributed by atoms with Gasteiger partial charge in [0, 0.05) is 26.2 Å². The lowest BCUT2D eigenvalue weighted by atomic mass is 10.1. The number of amidine groups is 2. The van der Waals surface area contributed by atoms with Crippen LogP contribution in [0.15, 0.2) is 70.3 Å². The Bertz CT molecular complexity index is 1020. The van der Waals surface area contributed by atoms with E-state index in [1.54, 1.807) is 6.08 Å². The van der Waals surface area contributed by atoms with Crippen LogP contribution in [0.3, 0.4) is 0 Å². The molecule has 0 radical (unpaired) electrons. The molecule has 0 saturated heterocycles. The molecule has 2 aromatic carbocycles. The van der Waals surface area contributed by atoms with Gasteiger partial charge in [0.1, 0.15) is 5.04 Å². The van der Waals surface area contributed by atoms with Gasteiger partial charge in [0.05, 0.1) is 5.57 Å². The Morgan fingerprint density at radius 2 is 1.82 bits per heavy atom. The van der Waals surface area contributed by atoms with Gasteiger partial charge in [-0.2, -0.15) is 15.1 Å². The smallest absolute Gasteiger partial charge is 0.283 e. The third kappa shape index (κ3) is 3.61. The number of nitrogens with one attached hydrogen (secondary N) is 1. The summed E-state index contributed by atoms with van der Waals surface area (Å²) in [6, 6.07) is 17.8. The first-order valence-electron chi connectivity index (χ1n) is 8.81. The van der Waals surface area contributed by atoms with Gasteiger partial charge in [-0.15, -0.1) is 0 Å². The second-order valence-corrected chi connectivity index (χ2v) is 7.70. The summed E-state index contributed by atoms with van der Waals surface area (Å²) in [6.45, 7) is 0. The lowest BCUT2D eigenvalue weighted by Crippen LogP contribution is -2.35. The molecule has 1 N–H and O–H groups in total. The summed E-state index contributed by atoms with van der Waals surface area (Å²) in [5.74, 6) is -0.348. The van der Waals surface area contributed by atoms with Crippen LogP contribution in [0.4, 0.5) is 5.69 Å². The van der Waals surface area contributed by atoms with E-state index < -0.39 is 5.91 Å². The first-order chi connectivity index (χ1) is 13.5. The van der Waals surface area contributed by atoms with Crippen molar-refractivity contribution in [2.24, 2.45) is 10.1 Å². The van der Waals surface area contributed by atoms with Crippen LogP contribution in [0.2, 0.25) is 0 Å². The van der Waals surface area contributed by atoms with Crippen LogP contribution < -0.4 is 4.90 Å². The summed E-state index contributed by atoms with van der Waals surface area (Å²) in [5, 5.41) is 15.7. The van der Waals surface area contributed by atoms with Crippen LogP contribution >= 0.6 is 11.8 Å². The quantitative estimate of drug-likeness (QED) is 0.811. The van der Waals surface area contributed by atoms with Gasteiger partial charge in [-0.25, -0.2) is 0 Å². The van der Waals surface area contributed by atoms with E-state index in [1.165, 1.54) is 16.8 Å². The molecule has 6 nitrogen and oxygen atoms in total. The number of carbonyl (C=O) groups is 1. The summed E-state index contributed by atoms with van der Waals surface area (Å²) in [7, 11) is 3.94. The standard InChI is InChI=1S/C21H19N5OS/c1-25(2)16-10-8-15(9-11-16)12-17-19(22)26-21(23-20(17)27)28-18(24-26)13-14-6-4-3-5-7-14/h3-12,22H,13H2,1-2H3/b17-12-,22-19?. The van der Waals surface area contributed by atoms with Crippen molar-refractivity contribution >= 4 is 45.5 Å². The van der Waals surface area contributed by atoms with Gasteiger partial charge in [0.25, 0.3) is 5.91 Å². The number of hydrogen-bond donors (Lipinski definition) is 1. The van der Waals surface area contributed by atoms with Crippen LogP contribution in [0.5, 0.6) is 0 Å². The van der Waals surface area contributed by atoms with E-state index >= 15 is 0 Å². The van der Waals surface area contributed by atoms with Crippen molar-refractivity contribution in [3.8, 4) is 0 Å². The molecule has 0 spiro atoms. The average molecular weight is 389 g/mol. The van der Waals surface area contributed by atoms with Gasteiger partial charge in [-0.1, -0.05) is 42.5 Å². The molecule has 0 fully saturated rings. The molecular weight excluding hydrogens is 370 g/mol. The van der Waals surface area contributed by atoms with Crippen molar-refractivity contribution in [3.05, 3.63) is 71.3 Å². The molecule has 2 aromatic rings. The highest BCUT2D eigenvalue weighted by atomic mass is 32.2. The van der Waals surface area contributed by atoms with E-state index in [9.17, 15) is 4.79 Å². The minimum atomic E-state index is -0.406. The van der Waals surface area contributed by atoms with Crippen LogP contribution in [-0.2, 0) is 11.2 Å². The van der Waals surface area contributed by atoms with Crippen molar-refractivity contribution in [2.75, 3.05) is 19.0 Å². The van der Waals surface area contributed by atoms with E-state index in [0.717, 1.165) is 21.9 Å². The molecule has 28 heavy (non-hydrogen) atoms. The second-order valence-electron chi connectivity index (χ2n) is 6.66. The zero-order valence-electron chi connectivity index (χ0n) is 15.6. The largest absolute Gasteiger partial charge is 0.378 e. The highest BCUT2D eigenvalue weighted by molar-refractivity contribution is 8.26. The predicted molar refractivity (Wildman–Crippen MR) is 116 cm³/mol. The van der Waals surface area contributed by atoms with E-state index in [4.69, 9.17) is 5.41 Å². The lowest BCUT2D eigenvalue weighted by Gasteiger charge is -2.20. The summed E-state index contributed by atoms with van der Waals surface area (Å²) in [6.07, 6.45) is 2.34. The van der Waals surface area contributed by atoms with E-state index in [1.807, 2.05) is 73.6 Å². The fourth-order valence-corrected chi connectivity index (χ4v) is 3.83. The number of nitrogens with zero attached hydrogens (tertiary/aromatic N) is 4. The third-order valence-corrected chi connectivity index (χ3v) is 5.32. The summed E-state index contributed by atoms with van der Waals surface area (Å²) in [4.78, 5) is 18.6. The number of hydrogen-bond acceptors (Lipinski definition) is 5. The number of carbonyl (C=O) groups excluding carboxylic acids is 1. The molecule has 0 aromatic heterocycles. The Labute approximate surface area is 167 Å². The molecule has 0 saturated carbocycles. The van der Waals surface area contributed by atoms with E-state index in [2.05, 4.69) is 10.1 Å². The molecule has 0 atom stereocenters. The fourth-order valence-electron chi connectivity index (χ4n) is 2.91. The summed E-state index contributed by atoms with van der Waals surface area (Å²) < 4.78 is 0. The highest BCUT2D eigenvalue weighted by Crippen LogP contribution is 2.29. The number of benzene rings is 2. The summed E-state index contributed by atoms with van der Waals surface area (Å²) in [5.41, 5.74) is 3.28. The molecule has 0 bridgehead atoms. The maximum Gasteiger partial charge on any atom is 0.283 e. The molecule has 1 amide bonds. The molecule has 0 unspecified atom stereocenters. The molecular formula is C21H19N5OS. The zero-order valence-corrected chi connectivity index (χ0v) is 16.4. The number of fused-ring (bicyclic) bond motifs is 1. The minimum Gasteiger partial charge on any atom is -0.378 e. The normalized spacial score (nSPS) is 17.5. The van der Waals surface area contributed by atoms with Crippen molar-refractivity contribution in [1.82, 2.24) is 5.01 Å². The second kappa shape index (κ2) is 7.44. The number of aliphatic imine (C=N–C) groups is 1. The van der Waals surface area contributed by atoms with E-state index in [-0.39, 0.29) is 11.4 Å². The maximum atomic E-state index is 12.5. The zero-order chi connectivity index (χ0) is 19.7. The van der Waals surface area contributed by atoms with E-state index in [0.29, 0.717) is 11.6 Å². The Morgan fingerprint density at radius 1 is 1.11 bits per heavy atom. The SMILES string of the molecule is CN(C)c1ccc(/C=C2/C(=N)N3N=C(Cc4ccccc4)SC3=NC2=O)cc1. The number of amides is 1. The van der Waals surface area contributed by atoms with Crippen LogP contribution in [0.1, 0.15) is 11.1 Å². The van der Waals surface area contributed by atoms with Gasteiger partial charge < -0.3 is 4.90 Å². The van der Waals surface area contributed by atoms with Gasteiger partial charge >= 0.3 is 0 Å². The average Bonchev–Trinajstić information content (AvgIpc) is 3.08. The molecule has 140 valence electrons. The maximum absolute atomic E-state index is 12.5. The number of anilines is 1. The Balaban J connectivity index is 1.58. The molecule has 0 aliphatic carbocycles. The van der Waals surface area contributed by atoms with Crippen LogP contribution in [-0.4, -0.2) is 41.1 Å². The van der Waals surface area contributed by atoms with Crippen molar-refractivity contribution < 1.29 is 4.79 Å². The Kier molecular flexibility index (Phi) is 4.83. The van der Waals surface area contributed by atoms with Crippen molar-refractivity contribution in [3.63, 3.8) is 0 Å². The number of hydrazone groups is 1. The lowest BCUT2D eigenvalue weighted by molar-refractivity contribution is -0.114. The Hall–Kier alpha value is -3.19. The first-order valence-corrected chi connectivity index (χ1v) is 9.63. The van der Waals surface area contributed by atoms with Gasteiger partial charge in [0.15, 0.2) is 5.84 Å². The van der Waals surface area contributed by atoms with Gasteiger partial charge in [-0.05, 0) is 41.1 Å². The molecule has 2 aliphatic rings. The highest BCUT2D eigenvalue weighted by Gasteiger charge is 2.35. The summed E-state index contributed by atoms with van der Waals surface area (Å²) >= 11 is 1.34. The molecule has 7 heteroatoms. The molecule has 2 heterocycles. The third-order valence-electron chi connectivity index (χ3n) is 4.42.